The van der Waals surface area contributed by atoms with Crippen LogP contribution in [-0.2, 0) is 16.6 Å². The molecule has 0 spiro atoms. The maximum absolute atomic E-state index is 12.6. The molecular formula is C27H39NO2S. The number of carbonyl (C=O) groups excluding carboxylic acids is 2. The molecule has 1 amide bonds. The number of amides is 1. The van der Waals surface area contributed by atoms with Gasteiger partial charge in [-0.05, 0) is 61.4 Å². The highest BCUT2D eigenvalue weighted by Gasteiger charge is 2.34. The normalized spacial score (nSPS) is 12.2. The Labute approximate surface area is 192 Å². The topological polar surface area (TPSA) is 37.4 Å². The summed E-state index contributed by atoms with van der Waals surface area (Å²) in [6, 6.07) is 8.94. The van der Waals surface area contributed by atoms with Crippen LogP contribution in [0.15, 0.2) is 24.3 Å². The average Bonchev–Trinajstić information content (AvgIpc) is 3.08. The van der Waals surface area contributed by atoms with Gasteiger partial charge in [0, 0.05) is 36.2 Å². The first-order chi connectivity index (χ1) is 14.4. The lowest BCUT2D eigenvalue weighted by Gasteiger charge is -2.32. The lowest BCUT2D eigenvalue weighted by molar-refractivity contribution is -0.126. The Hall–Kier alpha value is -1.94. The van der Waals surface area contributed by atoms with Gasteiger partial charge >= 0.3 is 0 Å². The fourth-order valence-electron chi connectivity index (χ4n) is 4.18. The Kier molecular flexibility index (Phi) is 7.91. The zero-order chi connectivity index (χ0) is 23.6. The molecule has 2 rings (SSSR count). The number of hydrogen-bond acceptors (Lipinski definition) is 3. The number of carbonyl (C=O) groups is 2. The third-order valence-electron chi connectivity index (χ3n) is 6.55. The maximum Gasteiger partial charge on any atom is 0.263 e. The molecule has 0 aliphatic rings. The van der Waals surface area contributed by atoms with Crippen LogP contribution >= 0.6 is 11.3 Å². The number of hydrogen-bond donors (Lipinski definition) is 0. The van der Waals surface area contributed by atoms with E-state index in [9.17, 15) is 9.59 Å². The van der Waals surface area contributed by atoms with Crippen molar-refractivity contribution in [2.45, 2.75) is 79.6 Å². The average molecular weight is 442 g/mol. The summed E-state index contributed by atoms with van der Waals surface area (Å²) in [7, 11) is 3.61. The van der Waals surface area contributed by atoms with E-state index >= 15 is 0 Å². The second-order valence-corrected chi connectivity index (χ2v) is 11.0. The first kappa shape index (κ1) is 25.3. The van der Waals surface area contributed by atoms with Gasteiger partial charge in [-0.3, -0.25) is 9.59 Å². The summed E-state index contributed by atoms with van der Waals surface area (Å²) in [5.41, 5.74) is 4.44. The SMILES string of the molecule is CCC(CC)(c1ccc(CCC(=O)C(C)(C)C)c(C)c1)c1cc(C)c(C(=O)N(C)C)s1. The fraction of sp³-hybridized carbons (Fsp3) is 0.556. The van der Waals surface area contributed by atoms with Crippen molar-refractivity contribution in [3.63, 3.8) is 0 Å². The van der Waals surface area contributed by atoms with Crippen LogP contribution in [0.1, 0.15) is 90.7 Å². The molecule has 2 aromatic rings. The zero-order valence-corrected chi connectivity index (χ0v) is 21.6. The van der Waals surface area contributed by atoms with Gasteiger partial charge in [0.15, 0.2) is 0 Å². The molecule has 0 atom stereocenters. The molecule has 3 nitrogen and oxygen atoms in total. The van der Waals surface area contributed by atoms with Crippen molar-refractivity contribution >= 4 is 23.0 Å². The van der Waals surface area contributed by atoms with Crippen LogP contribution in [0.3, 0.4) is 0 Å². The van der Waals surface area contributed by atoms with Crippen molar-refractivity contribution in [3.05, 3.63) is 56.3 Å². The van der Waals surface area contributed by atoms with E-state index in [2.05, 4.69) is 45.0 Å². The number of Topliss-reactive ketones (excluding diaryl/α,β-unsaturated/α-hetero) is 1. The molecule has 1 aromatic heterocycles. The largest absolute Gasteiger partial charge is 0.344 e. The minimum Gasteiger partial charge on any atom is -0.344 e. The third-order valence-corrected chi connectivity index (χ3v) is 7.98. The summed E-state index contributed by atoms with van der Waals surface area (Å²) >= 11 is 1.64. The summed E-state index contributed by atoms with van der Waals surface area (Å²) in [5, 5.41) is 0. The van der Waals surface area contributed by atoms with Gasteiger partial charge in [0.05, 0.1) is 4.88 Å². The molecule has 0 unspecified atom stereocenters. The Morgan fingerprint density at radius 2 is 1.58 bits per heavy atom. The molecule has 0 aliphatic carbocycles. The van der Waals surface area contributed by atoms with Gasteiger partial charge in [0.1, 0.15) is 5.78 Å². The van der Waals surface area contributed by atoms with Crippen LogP contribution in [-0.4, -0.2) is 30.7 Å². The second-order valence-electron chi connectivity index (χ2n) is 9.93. The number of benzene rings is 1. The second kappa shape index (κ2) is 9.68. The van der Waals surface area contributed by atoms with E-state index < -0.39 is 0 Å². The predicted molar refractivity (Wildman–Crippen MR) is 132 cm³/mol. The van der Waals surface area contributed by atoms with Crippen LogP contribution < -0.4 is 0 Å². The minimum absolute atomic E-state index is 0.0740. The Morgan fingerprint density at radius 1 is 0.968 bits per heavy atom. The van der Waals surface area contributed by atoms with Crippen molar-refractivity contribution < 1.29 is 9.59 Å². The molecular weight excluding hydrogens is 402 g/mol. The summed E-state index contributed by atoms with van der Waals surface area (Å²) in [4.78, 5) is 28.7. The summed E-state index contributed by atoms with van der Waals surface area (Å²) < 4.78 is 0. The standard InChI is InChI=1S/C27H39NO2S/c1-10-27(11-2,23-17-19(4)24(31-23)25(30)28(8)9)21-14-12-20(18(3)16-21)13-15-22(29)26(5,6)7/h12,14,16-17H,10-11,13,15H2,1-9H3. The van der Waals surface area contributed by atoms with Gasteiger partial charge in [0.2, 0.25) is 0 Å². The molecule has 0 bridgehead atoms. The molecule has 0 aliphatic heterocycles. The quantitative estimate of drug-likeness (QED) is 0.456. The first-order valence-corrected chi connectivity index (χ1v) is 12.1. The van der Waals surface area contributed by atoms with Gasteiger partial charge < -0.3 is 4.90 Å². The van der Waals surface area contributed by atoms with E-state index in [1.54, 1.807) is 30.3 Å². The number of rotatable bonds is 8. The van der Waals surface area contributed by atoms with Crippen LogP contribution in [0.4, 0.5) is 0 Å². The number of nitrogens with zero attached hydrogens (tertiary/aromatic N) is 1. The predicted octanol–water partition coefficient (Wildman–Crippen LogP) is 6.72. The first-order valence-electron chi connectivity index (χ1n) is 11.3. The van der Waals surface area contributed by atoms with E-state index in [1.807, 2.05) is 27.7 Å². The summed E-state index contributed by atoms with van der Waals surface area (Å²) in [6.07, 6.45) is 3.31. The summed E-state index contributed by atoms with van der Waals surface area (Å²) in [6.45, 7) is 14.6. The van der Waals surface area contributed by atoms with Crippen molar-refractivity contribution in [2.75, 3.05) is 14.1 Å². The lowest BCUT2D eigenvalue weighted by Crippen LogP contribution is -2.25. The van der Waals surface area contributed by atoms with Crippen molar-refractivity contribution in [1.82, 2.24) is 4.90 Å². The van der Waals surface area contributed by atoms with E-state index in [0.717, 1.165) is 29.7 Å². The van der Waals surface area contributed by atoms with Crippen LogP contribution in [0, 0.1) is 19.3 Å². The summed E-state index contributed by atoms with van der Waals surface area (Å²) in [5.74, 6) is 0.379. The maximum atomic E-state index is 12.6. The Bertz CT molecular complexity index is 943. The molecule has 0 saturated heterocycles. The van der Waals surface area contributed by atoms with Gasteiger partial charge in [-0.15, -0.1) is 11.3 Å². The molecule has 1 aromatic carbocycles. The highest BCUT2D eigenvalue weighted by Crippen LogP contribution is 2.44. The van der Waals surface area contributed by atoms with Crippen LogP contribution in [0.25, 0.3) is 0 Å². The fourth-order valence-corrected chi connectivity index (χ4v) is 5.73. The monoisotopic (exact) mass is 441 g/mol. The number of thiophene rings is 1. The number of aryl methyl sites for hydroxylation is 3. The molecule has 0 N–H and O–H groups in total. The van der Waals surface area contributed by atoms with Gasteiger partial charge in [0.25, 0.3) is 5.91 Å². The van der Waals surface area contributed by atoms with E-state index in [1.165, 1.54) is 21.6 Å². The highest BCUT2D eigenvalue weighted by molar-refractivity contribution is 7.14. The minimum atomic E-state index is -0.286. The molecule has 1 heterocycles. The van der Waals surface area contributed by atoms with Gasteiger partial charge in [-0.2, -0.15) is 0 Å². The molecule has 31 heavy (non-hydrogen) atoms. The smallest absolute Gasteiger partial charge is 0.263 e. The molecule has 170 valence electrons. The molecule has 0 saturated carbocycles. The van der Waals surface area contributed by atoms with E-state index in [4.69, 9.17) is 0 Å². The molecule has 4 heteroatoms. The van der Waals surface area contributed by atoms with E-state index in [-0.39, 0.29) is 16.7 Å². The van der Waals surface area contributed by atoms with Crippen LogP contribution in [0.5, 0.6) is 0 Å². The van der Waals surface area contributed by atoms with Crippen molar-refractivity contribution in [2.24, 2.45) is 5.41 Å². The Morgan fingerprint density at radius 3 is 2.06 bits per heavy atom. The Balaban J connectivity index is 2.41. The van der Waals surface area contributed by atoms with Gasteiger partial charge in [-0.1, -0.05) is 52.8 Å². The molecule has 0 fully saturated rings. The van der Waals surface area contributed by atoms with Crippen LogP contribution in [0.2, 0.25) is 0 Å². The number of ketones is 1. The lowest BCUT2D eigenvalue weighted by atomic mass is 9.73. The zero-order valence-electron chi connectivity index (χ0n) is 20.8. The van der Waals surface area contributed by atoms with Gasteiger partial charge in [-0.25, -0.2) is 0 Å². The van der Waals surface area contributed by atoms with E-state index in [0.29, 0.717) is 12.2 Å². The van der Waals surface area contributed by atoms with Crippen molar-refractivity contribution in [1.29, 1.82) is 0 Å². The molecule has 0 radical (unpaired) electrons. The highest BCUT2D eigenvalue weighted by atomic mass is 32.1. The third kappa shape index (κ3) is 5.28. The van der Waals surface area contributed by atoms with Crippen molar-refractivity contribution in [3.8, 4) is 0 Å².